The number of piperidine rings is 1. The average molecular weight is 563 g/mol. The van der Waals surface area contributed by atoms with E-state index in [-0.39, 0.29) is 24.0 Å². The second-order valence-corrected chi connectivity index (χ2v) is 8.93. The molecule has 1 aliphatic heterocycles. The minimum Gasteiger partial charge on any atom is -0.386 e. The van der Waals surface area contributed by atoms with Gasteiger partial charge in [0.2, 0.25) is 0 Å². The lowest BCUT2D eigenvalue weighted by molar-refractivity contribution is 0.125. The molecule has 1 aliphatic rings. The van der Waals surface area contributed by atoms with Crippen LogP contribution in [-0.4, -0.2) is 49.2 Å². The number of nitrogens with one attached hydrogen (secondary N) is 2. The van der Waals surface area contributed by atoms with Crippen LogP contribution in [0.2, 0.25) is 5.02 Å². The SMILES string of the molecule is CCNC(=NCC(O)c1ccc(Cl)cc1)NCC1CCCN(C)C1c1cccs1.I. The highest BCUT2D eigenvalue weighted by Crippen LogP contribution is 2.36. The minimum absolute atomic E-state index is 0. The van der Waals surface area contributed by atoms with Gasteiger partial charge >= 0.3 is 0 Å². The van der Waals surface area contributed by atoms with Crippen molar-refractivity contribution in [1.82, 2.24) is 15.5 Å². The standard InChI is InChI=1S/C22H31ClN4OS.HI/c1-3-24-22(26-15-19(28)16-8-10-18(23)11-9-16)25-14-17-6-4-12-27(2)21(17)20-7-5-13-29-20;/h5,7-11,13,17,19,21,28H,3-4,6,12,14-15H2,1-2H3,(H2,24,25,26);1H. The molecule has 1 fully saturated rings. The molecule has 8 heteroatoms. The quantitative estimate of drug-likeness (QED) is 0.260. The first-order valence-electron chi connectivity index (χ1n) is 10.3. The lowest BCUT2D eigenvalue weighted by Gasteiger charge is -2.39. The van der Waals surface area contributed by atoms with E-state index in [0.29, 0.717) is 23.5 Å². The Morgan fingerprint density at radius 1 is 1.30 bits per heavy atom. The van der Waals surface area contributed by atoms with Gasteiger partial charge < -0.3 is 15.7 Å². The van der Waals surface area contributed by atoms with Gasteiger partial charge in [0.1, 0.15) is 0 Å². The van der Waals surface area contributed by atoms with Crippen LogP contribution in [0.25, 0.3) is 0 Å². The van der Waals surface area contributed by atoms with Crippen LogP contribution in [0.15, 0.2) is 46.8 Å². The Morgan fingerprint density at radius 2 is 2.07 bits per heavy atom. The highest BCUT2D eigenvalue weighted by molar-refractivity contribution is 14.0. The van der Waals surface area contributed by atoms with Gasteiger partial charge in [0.25, 0.3) is 0 Å². The summed E-state index contributed by atoms with van der Waals surface area (Å²) in [7, 11) is 2.22. The van der Waals surface area contributed by atoms with Crippen LogP contribution in [0.4, 0.5) is 0 Å². The first-order valence-corrected chi connectivity index (χ1v) is 11.5. The fraction of sp³-hybridized carbons (Fsp3) is 0.500. The van der Waals surface area contributed by atoms with Crippen molar-refractivity contribution in [1.29, 1.82) is 0 Å². The van der Waals surface area contributed by atoms with Crippen LogP contribution in [-0.2, 0) is 0 Å². The van der Waals surface area contributed by atoms with E-state index in [1.807, 2.05) is 23.5 Å². The Kier molecular flexibility index (Phi) is 10.9. The number of benzene rings is 1. The van der Waals surface area contributed by atoms with Crippen LogP contribution >= 0.6 is 46.9 Å². The van der Waals surface area contributed by atoms with Crippen molar-refractivity contribution in [3.05, 3.63) is 57.2 Å². The number of aliphatic imine (C=N–C) groups is 1. The number of guanidine groups is 1. The molecular weight excluding hydrogens is 531 g/mol. The molecule has 0 bridgehead atoms. The average Bonchev–Trinajstić information content (AvgIpc) is 3.24. The van der Waals surface area contributed by atoms with Crippen molar-refractivity contribution in [2.45, 2.75) is 31.9 Å². The predicted octanol–water partition coefficient (Wildman–Crippen LogP) is 4.69. The molecule has 0 aliphatic carbocycles. The van der Waals surface area contributed by atoms with Gasteiger partial charge in [0.05, 0.1) is 12.6 Å². The lowest BCUT2D eigenvalue weighted by Crippen LogP contribution is -2.45. The van der Waals surface area contributed by atoms with Crippen LogP contribution < -0.4 is 10.6 Å². The molecule has 2 heterocycles. The Labute approximate surface area is 205 Å². The molecule has 5 nitrogen and oxygen atoms in total. The summed E-state index contributed by atoms with van der Waals surface area (Å²) in [6.45, 7) is 5.13. The molecule has 2 aromatic rings. The van der Waals surface area contributed by atoms with Gasteiger partial charge in [-0.1, -0.05) is 29.8 Å². The fourth-order valence-electron chi connectivity index (χ4n) is 3.92. The highest BCUT2D eigenvalue weighted by Gasteiger charge is 2.31. The third-order valence-corrected chi connectivity index (χ3v) is 6.59. The van der Waals surface area contributed by atoms with E-state index >= 15 is 0 Å². The maximum Gasteiger partial charge on any atom is 0.191 e. The van der Waals surface area contributed by atoms with Crippen molar-refractivity contribution < 1.29 is 5.11 Å². The smallest absolute Gasteiger partial charge is 0.191 e. The number of halogens is 2. The number of nitrogens with zero attached hydrogens (tertiary/aromatic N) is 2. The zero-order valence-corrected chi connectivity index (χ0v) is 21.5. The van der Waals surface area contributed by atoms with Crippen LogP contribution in [0.5, 0.6) is 0 Å². The molecule has 1 saturated heterocycles. The predicted molar refractivity (Wildman–Crippen MR) is 138 cm³/mol. The fourth-order valence-corrected chi connectivity index (χ4v) is 5.03. The van der Waals surface area contributed by atoms with Gasteiger partial charge in [-0.05, 0) is 68.4 Å². The minimum atomic E-state index is -0.651. The number of aliphatic hydroxyl groups is 1. The highest BCUT2D eigenvalue weighted by atomic mass is 127. The van der Waals surface area contributed by atoms with E-state index in [9.17, 15) is 5.11 Å². The van der Waals surface area contributed by atoms with E-state index < -0.39 is 6.10 Å². The van der Waals surface area contributed by atoms with Crippen LogP contribution in [0.3, 0.4) is 0 Å². The molecule has 0 spiro atoms. The van der Waals surface area contributed by atoms with Crippen molar-refractivity contribution in [2.24, 2.45) is 10.9 Å². The van der Waals surface area contributed by atoms with Crippen LogP contribution in [0.1, 0.15) is 42.4 Å². The molecule has 3 unspecified atom stereocenters. The first-order chi connectivity index (χ1) is 14.1. The van der Waals surface area contributed by atoms with Gasteiger partial charge in [0, 0.05) is 29.0 Å². The molecule has 3 N–H and O–H groups in total. The van der Waals surface area contributed by atoms with E-state index in [4.69, 9.17) is 11.6 Å². The maximum absolute atomic E-state index is 10.4. The summed E-state index contributed by atoms with van der Waals surface area (Å²) in [6.07, 6.45) is 1.77. The summed E-state index contributed by atoms with van der Waals surface area (Å²) >= 11 is 7.76. The van der Waals surface area contributed by atoms with E-state index in [2.05, 4.69) is 52.0 Å². The largest absolute Gasteiger partial charge is 0.386 e. The summed E-state index contributed by atoms with van der Waals surface area (Å²) in [5.74, 6) is 1.27. The van der Waals surface area contributed by atoms with Gasteiger partial charge in [-0.25, -0.2) is 0 Å². The Hall–Kier alpha value is -0.870. The van der Waals surface area contributed by atoms with Crippen molar-refractivity contribution in [3.63, 3.8) is 0 Å². The summed E-state index contributed by atoms with van der Waals surface area (Å²) in [4.78, 5) is 8.50. The Bertz CT molecular complexity index is 772. The molecule has 3 rings (SSSR count). The first kappa shape index (κ1) is 25.4. The van der Waals surface area contributed by atoms with E-state index in [1.54, 1.807) is 12.1 Å². The lowest BCUT2D eigenvalue weighted by atomic mass is 9.88. The second-order valence-electron chi connectivity index (χ2n) is 7.51. The number of aliphatic hydroxyl groups excluding tert-OH is 1. The Morgan fingerprint density at radius 3 is 2.73 bits per heavy atom. The third-order valence-electron chi connectivity index (χ3n) is 5.39. The number of thiophene rings is 1. The molecule has 3 atom stereocenters. The molecule has 0 saturated carbocycles. The van der Waals surface area contributed by atoms with Crippen molar-refractivity contribution in [3.8, 4) is 0 Å². The topological polar surface area (TPSA) is 59.9 Å². The van der Waals surface area contributed by atoms with E-state index in [1.165, 1.54) is 17.7 Å². The third kappa shape index (κ3) is 7.09. The molecule has 166 valence electrons. The molecule has 1 aromatic carbocycles. The summed E-state index contributed by atoms with van der Waals surface area (Å²) in [6, 6.07) is 12.1. The molecule has 0 radical (unpaired) electrons. The number of likely N-dealkylation sites (tertiary alicyclic amines) is 1. The summed E-state index contributed by atoms with van der Waals surface area (Å²) < 4.78 is 0. The zero-order chi connectivity index (χ0) is 20.6. The normalized spacial score (nSPS) is 21.0. The molecule has 30 heavy (non-hydrogen) atoms. The van der Waals surface area contributed by atoms with Crippen molar-refractivity contribution in [2.75, 3.05) is 33.2 Å². The molecular formula is C22H32ClIN4OS. The van der Waals surface area contributed by atoms with Gasteiger partial charge in [0.15, 0.2) is 5.96 Å². The maximum atomic E-state index is 10.4. The summed E-state index contributed by atoms with van der Waals surface area (Å²) in [5.41, 5.74) is 0.820. The zero-order valence-electron chi connectivity index (χ0n) is 17.6. The number of rotatable bonds is 7. The summed E-state index contributed by atoms with van der Waals surface area (Å²) in [5, 5.41) is 20.1. The van der Waals surface area contributed by atoms with Gasteiger partial charge in [-0.3, -0.25) is 9.89 Å². The van der Waals surface area contributed by atoms with Crippen LogP contribution in [0, 0.1) is 5.92 Å². The Balaban J connectivity index is 0.00000320. The number of hydrogen-bond donors (Lipinski definition) is 3. The number of hydrogen-bond acceptors (Lipinski definition) is 4. The monoisotopic (exact) mass is 562 g/mol. The second kappa shape index (κ2) is 12.9. The van der Waals surface area contributed by atoms with Gasteiger partial charge in [-0.15, -0.1) is 35.3 Å². The van der Waals surface area contributed by atoms with Crippen molar-refractivity contribution >= 4 is 52.9 Å². The molecule has 1 aromatic heterocycles. The van der Waals surface area contributed by atoms with E-state index in [0.717, 1.165) is 31.2 Å². The molecule has 0 amide bonds. The van der Waals surface area contributed by atoms with Gasteiger partial charge in [-0.2, -0.15) is 0 Å².